The molecule has 0 radical (unpaired) electrons. The third-order valence-corrected chi connectivity index (χ3v) is 3.21. The summed E-state index contributed by atoms with van der Waals surface area (Å²) in [7, 11) is 0. The lowest BCUT2D eigenvalue weighted by Crippen LogP contribution is -2.13. The van der Waals surface area contributed by atoms with Crippen molar-refractivity contribution in [1.29, 1.82) is 0 Å². The Morgan fingerprint density at radius 2 is 2.07 bits per heavy atom. The molecule has 0 heterocycles. The molecule has 0 saturated carbocycles. The second-order valence-electron chi connectivity index (χ2n) is 3.66. The summed E-state index contributed by atoms with van der Waals surface area (Å²) in [5.41, 5.74) is 8.39. The average molecular weight is 260 g/mol. The Labute approximate surface area is 92.6 Å². The number of nitrogens with two attached hydrogens (primary N) is 1. The normalized spacial score (nSPS) is 13.0. The minimum atomic E-state index is -0.175. The van der Waals surface area contributed by atoms with Crippen LogP contribution in [0, 0.1) is 19.7 Å². The van der Waals surface area contributed by atoms with Gasteiger partial charge in [0.25, 0.3) is 0 Å². The van der Waals surface area contributed by atoms with Gasteiger partial charge in [0.2, 0.25) is 0 Å². The summed E-state index contributed by atoms with van der Waals surface area (Å²) in [6.07, 6.45) is 0. The SMILES string of the molecule is Cc1cc(Br)c(F)c(C(C)CN)c1C. The van der Waals surface area contributed by atoms with E-state index >= 15 is 0 Å². The van der Waals surface area contributed by atoms with Gasteiger partial charge in [-0.15, -0.1) is 0 Å². The molecule has 1 aromatic carbocycles. The van der Waals surface area contributed by atoms with Crippen LogP contribution in [0.4, 0.5) is 4.39 Å². The molecule has 0 aromatic heterocycles. The van der Waals surface area contributed by atoms with Crippen LogP contribution in [0.5, 0.6) is 0 Å². The Morgan fingerprint density at radius 3 is 2.57 bits per heavy atom. The molecule has 2 N–H and O–H groups in total. The number of rotatable bonds is 2. The van der Waals surface area contributed by atoms with E-state index in [9.17, 15) is 4.39 Å². The van der Waals surface area contributed by atoms with Gasteiger partial charge in [0, 0.05) is 0 Å². The predicted octanol–water partition coefficient (Wildman–Crippen LogP) is 3.27. The van der Waals surface area contributed by atoms with Gasteiger partial charge in [-0.05, 0) is 65.0 Å². The van der Waals surface area contributed by atoms with E-state index in [1.54, 1.807) is 6.07 Å². The zero-order valence-corrected chi connectivity index (χ0v) is 10.3. The molecule has 0 fully saturated rings. The molecule has 0 spiro atoms. The van der Waals surface area contributed by atoms with Gasteiger partial charge in [0.15, 0.2) is 0 Å². The van der Waals surface area contributed by atoms with E-state index in [2.05, 4.69) is 15.9 Å². The van der Waals surface area contributed by atoms with E-state index in [0.29, 0.717) is 11.0 Å². The summed E-state index contributed by atoms with van der Waals surface area (Å²) in [6.45, 7) is 6.32. The third kappa shape index (κ3) is 1.98. The highest BCUT2D eigenvalue weighted by atomic mass is 79.9. The molecule has 14 heavy (non-hydrogen) atoms. The first-order valence-corrected chi connectivity index (χ1v) is 5.43. The molecule has 78 valence electrons. The molecule has 1 nitrogen and oxygen atoms in total. The monoisotopic (exact) mass is 259 g/mol. The van der Waals surface area contributed by atoms with Crippen LogP contribution in [-0.2, 0) is 0 Å². The largest absolute Gasteiger partial charge is 0.330 e. The highest BCUT2D eigenvalue weighted by Crippen LogP contribution is 2.30. The second-order valence-corrected chi connectivity index (χ2v) is 4.52. The van der Waals surface area contributed by atoms with Crippen LogP contribution in [-0.4, -0.2) is 6.54 Å². The summed E-state index contributed by atoms with van der Waals surface area (Å²) in [4.78, 5) is 0. The van der Waals surface area contributed by atoms with Crippen LogP contribution >= 0.6 is 15.9 Å². The first-order chi connectivity index (χ1) is 6.49. The Morgan fingerprint density at radius 1 is 1.50 bits per heavy atom. The maximum atomic E-state index is 13.8. The van der Waals surface area contributed by atoms with Gasteiger partial charge in [-0.2, -0.15) is 0 Å². The van der Waals surface area contributed by atoms with Crippen LogP contribution in [0.2, 0.25) is 0 Å². The molecule has 1 atom stereocenters. The van der Waals surface area contributed by atoms with Crippen molar-refractivity contribution >= 4 is 15.9 Å². The zero-order chi connectivity index (χ0) is 10.9. The molecule has 0 saturated heterocycles. The third-order valence-electron chi connectivity index (χ3n) is 2.63. The number of hydrogen-bond donors (Lipinski definition) is 1. The van der Waals surface area contributed by atoms with Gasteiger partial charge in [0.1, 0.15) is 5.82 Å². The maximum absolute atomic E-state index is 13.8. The van der Waals surface area contributed by atoms with Crippen LogP contribution in [0.1, 0.15) is 29.5 Å². The lowest BCUT2D eigenvalue weighted by atomic mass is 9.93. The molecule has 1 aromatic rings. The minimum Gasteiger partial charge on any atom is -0.330 e. The molecular formula is C11H15BrFN. The number of benzene rings is 1. The van der Waals surface area contributed by atoms with Crippen LogP contribution in [0.25, 0.3) is 0 Å². The van der Waals surface area contributed by atoms with Crippen molar-refractivity contribution in [2.45, 2.75) is 26.7 Å². The standard InChI is InChI=1S/C11H15BrFN/c1-6-4-9(12)11(13)10(8(6)3)7(2)5-14/h4,7H,5,14H2,1-3H3. The summed E-state index contributed by atoms with van der Waals surface area (Å²) < 4.78 is 14.3. The molecule has 1 unspecified atom stereocenters. The average Bonchev–Trinajstić information content (AvgIpc) is 2.15. The molecule has 1 rings (SSSR count). The number of aryl methyl sites for hydroxylation is 1. The maximum Gasteiger partial charge on any atom is 0.141 e. The van der Waals surface area contributed by atoms with Gasteiger partial charge in [-0.1, -0.05) is 6.92 Å². The lowest BCUT2D eigenvalue weighted by molar-refractivity contribution is 0.581. The zero-order valence-electron chi connectivity index (χ0n) is 8.70. The van der Waals surface area contributed by atoms with Crippen molar-refractivity contribution in [2.24, 2.45) is 5.73 Å². The first kappa shape index (κ1) is 11.7. The Kier molecular flexibility index (Phi) is 3.67. The van der Waals surface area contributed by atoms with Gasteiger partial charge >= 0.3 is 0 Å². The highest BCUT2D eigenvalue weighted by Gasteiger charge is 2.16. The van der Waals surface area contributed by atoms with E-state index in [0.717, 1.165) is 16.7 Å². The van der Waals surface area contributed by atoms with E-state index in [-0.39, 0.29) is 11.7 Å². The topological polar surface area (TPSA) is 26.0 Å². The predicted molar refractivity (Wildman–Crippen MR) is 61.0 cm³/mol. The molecular weight excluding hydrogens is 245 g/mol. The van der Waals surface area contributed by atoms with E-state index in [4.69, 9.17) is 5.73 Å². The summed E-state index contributed by atoms with van der Waals surface area (Å²) >= 11 is 3.21. The van der Waals surface area contributed by atoms with Crippen molar-refractivity contribution in [3.8, 4) is 0 Å². The van der Waals surface area contributed by atoms with Crippen molar-refractivity contribution in [2.75, 3.05) is 6.54 Å². The van der Waals surface area contributed by atoms with Crippen LogP contribution < -0.4 is 5.73 Å². The summed E-state index contributed by atoms with van der Waals surface area (Å²) in [5, 5.41) is 0. The van der Waals surface area contributed by atoms with Crippen LogP contribution in [0.3, 0.4) is 0 Å². The van der Waals surface area contributed by atoms with E-state index < -0.39 is 0 Å². The van der Waals surface area contributed by atoms with Crippen molar-refractivity contribution in [3.05, 3.63) is 33.0 Å². The Hall–Kier alpha value is -0.410. The quantitative estimate of drug-likeness (QED) is 0.867. The number of hydrogen-bond acceptors (Lipinski definition) is 1. The van der Waals surface area contributed by atoms with Gasteiger partial charge in [0.05, 0.1) is 4.47 Å². The molecule has 3 heteroatoms. The molecule has 0 aliphatic carbocycles. The van der Waals surface area contributed by atoms with Crippen molar-refractivity contribution in [1.82, 2.24) is 0 Å². The van der Waals surface area contributed by atoms with Gasteiger partial charge in [-0.3, -0.25) is 0 Å². The van der Waals surface area contributed by atoms with E-state index in [1.165, 1.54) is 0 Å². The fourth-order valence-electron chi connectivity index (χ4n) is 1.57. The minimum absolute atomic E-state index is 0.0613. The fraction of sp³-hybridized carbons (Fsp3) is 0.455. The van der Waals surface area contributed by atoms with Crippen LogP contribution in [0.15, 0.2) is 10.5 Å². The van der Waals surface area contributed by atoms with E-state index in [1.807, 2.05) is 20.8 Å². The molecule has 0 aliphatic rings. The molecule has 0 bridgehead atoms. The molecule has 0 amide bonds. The summed E-state index contributed by atoms with van der Waals surface area (Å²) in [5.74, 6) is -0.114. The fourth-order valence-corrected chi connectivity index (χ4v) is 2.13. The lowest BCUT2D eigenvalue weighted by Gasteiger charge is -2.16. The highest BCUT2D eigenvalue weighted by molar-refractivity contribution is 9.10. The smallest absolute Gasteiger partial charge is 0.141 e. The first-order valence-electron chi connectivity index (χ1n) is 4.64. The molecule has 0 aliphatic heterocycles. The van der Waals surface area contributed by atoms with Crippen molar-refractivity contribution < 1.29 is 4.39 Å². The van der Waals surface area contributed by atoms with Gasteiger partial charge in [-0.25, -0.2) is 4.39 Å². The van der Waals surface area contributed by atoms with Gasteiger partial charge < -0.3 is 5.73 Å². The Balaban J connectivity index is 3.39. The second kappa shape index (κ2) is 4.41. The Bertz CT molecular complexity index is 323. The number of halogens is 2. The van der Waals surface area contributed by atoms with Crippen molar-refractivity contribution in [3.63, 3.8) is 0 Å². The summed E-state index contributed by atoms with van der Waals surface area (Å²) in [6, 6.07) is 1.80.